The maximum atomic E-state index is 14.3. The smallest absolute Gasteiger partial charge is 0.291 e. The Morgan fingerprint density at radius 2 is 1.86 bits per heavy atom. The molecule has 3 aromatic heterocycles. The average Bonchev–Trinajstić information content (AvgIpc) is 3.60. The van der Waals surface area contributed by atoms with Crippen molar-refractivity contribution in [2.75, 3.05) is 11.4 Å². The van der Waals surface area contributed by atoms with Gasteiger partial charge in [-0.15, -0.1) is 0 Å². The molecule has 43 heavy (non-hydrogen) atoms. The maximum Gasteiger partial charge on any atom is 0.416 e. The quantitative estimate of drug-likeness (QED) is 0.224. The first-order chi connectivity index (χ1) is 20.3. The molecule has 2 aliphatic rings. The number of carbonyl (C=O) groups is 1. The summed E-state index contributed by atoms with van der Waals surface area (Å²) in [5.41, 5.74) is -0.153. The predicted octanol–water partition coefficient (Wildman–Crippen LogP) is 4.99. The molecule has 0 amide bonds. The summed E-state index contributed by atoms with van der Waals surface area (Å²) < 4.78 is 86.3. The molecule has 0 spiro atoms. The normalized spacial score (nSPS) is 20.2. The highest BCUT2D eigenvalue weighted by Gasteiger charge is 2.52. The summed E-state index contributed by atoms with van der Waals surface area (Å²) in [7, 11) is -0.948. The van der Waals surface area contributed by atoms with Crippen LogP contribution in [0.25, 0.3) is 11.8 Å². The Balaban J connectivity index is 1.45. The second-order valence-corrected chi connectivity index (χ2v) is 13.1. The summed E-state index contributed by atoms with van der Waals surface area (Å²) >= 11 is 0. The minimum atomic E-state index is -4.70. The van der Waals surface area contributed by atoms with Crippen LogP contribution in [-0.4, -0.2) is 51.0 Å². The number of aryl methyl sites for hydroxylation is 1. The molecular weight excluding hydrogens is 588 g/mol. The van der Waals surface area contributed by atoms with E-state index in [1.165, 1.54) is 30.1 Å². The number of nitrogens with zero attached hydrogens (tertiary/aromatic N) is 6. The van der Waals surface area contributed by atoms with Gasteiger partial charge in [0.1, 0.15) is 11.5 Å². The Morgan fingerprint density at radius 3 is 2.53 bits per heavy atom. The largest absolute Gasteiger partial charge is 0.416 e. The molecule has 14 heteroatoms. The monoisotopic (exact) mass is 614 g/mol. The van der Waals surface area contributed by atoms with Crippen molar-refractivity contribution in [1.29, 1.82) is 0 Å². The predicted molar refractivity (Wildman–Crippen MR) is 149 cm³/mol. The van der Waals surface area contributed by atoms with Crippen LogP contribution >= 0.6 is 0 Å². The van der Waals surface area contributed by atoms with Gasteiger partial charge in [0.05, 0.1) is 45.7 Å². The second kappa shape index (κ2) is 10.1. The summed E-state index contributed by atoms with van der Waals surface area (Å²) in [4.78, 5) is 18.3. The summed E-state index contributed by atoms with van der Waals surface area (Å²) in [6, 6.07) is 7.19. The first-order valence-electron chi connectivity index (χ1n) is 13.4. The van der Waals surface area contributed by atoms with Crippen LogP contribution < -0.4 is 4.31 Å². The third kappa shape index (κ3) is 4.92. The molecular formula is C29H26F4N6O3S. The van der Waals surface area contributed by atoms with Crippen LogP contribution in [0.2, 0.25) is 0 Å². The van der Waals surface area contributed by atoms with E-state index in [2.05, 4.69) is 15.2 Å². The third-order valence-electron chi connectivity index (χ3n) is 8.30. The first-order valence-corrected chi connectivity index (χ1v) is 14.9. The van der Waals surface area contributed by atoms with Crippen molar-refractivity contribution in [2.45, 2.75) is 37.1 Å². The van der Waals surface area contributed by atoms with E-state index in [-0.39, 0.29) is 25.7 Å². The zero-order valence-electron chi connectivity index (χ0n) is 23.1. The number of benzene rings is 1. The van der Waals surface area contributed by atoms with Crippen molar-refractivity contribution in [1.82, 2.24) is 24.5 Å². The number of pyridine rings is 1. The van der Waals surface area contributed by atoms with Crippen LogP contribution in [0.5, 0.6) is 0 Å². The number of hydrogen-bond acceptors (Lipinski definition) is 6. The van der Waals surface area contributed by atoms with Gasteiger partial charge in [-0.2, -0.15) is 23.4 Å². The van der Waals surface area contributed by atoms with Crippen LogP contribution in [0.1, 0.15) is 46.6 Å². The number of Topliss-reactive ketones (excluding diaryl/α,β-unsaturated/α-hetero) is 1. The molecule has 3 heterocycles. The van der Waals surface area contributed by atoms with Crippen molar-refractivity contribution in [2.24, 2.45) is 12.5 Å². The summed E-state index contributed by atoms with van der Waals surface area (Å²) in [5.74, 6) is -1.11. The molecule has 1 saturated carbocycles. The number of sulfonamides is 1. The van der Waals surface area contributed by atoms with Gasteiger partial charge in [-0.3, -0.25) is 18.8 Å². The molecule has 0 saturated heterocycles. The van der Waals surface area contributed by atoms with E-state index in [0.29, 0.717) is 34.3 Å². The van der Waals surface area contributed by atoms with Crippen LogP contribution in [0.4, 0.5) is 23.2 Å². The van der Waals surface area contributed by atoms with E-state index < -0.39 is 49.7 Å². The molecule has 224 valence electrons. The fraction of sp³-hybridized carbons (Fsp3) is 0.310. The van der Waals surface area contributed by atoms with Crippen molar-refractivity contribution < 1.29 is 30.8 Å². The van der Waals surface area contributed by atoms with Gasteiger partial charge in [0, 0.05) is 26.5 Å². The number of allylic oxidation sites excluding steroid dienone is 1. The molecule has 6 rings (SSSR count). The third-order valence-corrected chi connectivity index (χ3v) is 10.5. The lowest BCUT2D eigenvalue weighted by molar-refractivity contribution is -0.137. The van der Waals surface area contributed by atoms with Crippen LogP contribution in [0, 0.1) is 11.2 Å². The lowest BCUT2D eigenvalue weighted by atomic mass is 9.61. The average molecular weight is 615 g/mol. The van der Waals surface area contributed by atoms with E-state index in [1.54, 1.807) is 42.3 Å². The van der Waals surface area contributed by atoms with E-state index in [4.69, 9.17) is 0 Å². The number of halogens is 4. The lowest BCUT2D eigenvalue weighted by Gasteiger charge is -2.44. The molecule has 0 N–H and O–H groups in total. The fourth-order valence-corrected chi connectivity index (χ4v) is 7.77. The highest BCUT2D eigenvalue weighted by molar-refractivity contribution is 7.93. The Kier molecular flexibility index (Phi) is 6.79. The maximum absolute atomic E-state index is 14.3. The highest BCUT2D eigenvalue weighted by Crippen LogP contribution is 2.51. The molecule has 4 aromatic rings. The van der Waals surface area contributed by atoms with Crippen LogP contribution in [-0.2, 0) is 29.7 Å². The van der Waals surface area contributed by atoms with Crippen molar-refractivity contribution in [3.8, 4) is 5.69 Å². The van der Waals surface area contributed by atoms with Crippen molar-refractivity contribution >= 4 is 27.6 Å². The molecule has 0 bridgehead atoms. The number of anilines is 1. The number of aromatic nitrogens is 5. The Hall–Kier alpha value is -4.33. The lowest BCUT2D eigenvalue weighted by Crippen LogP contribution is -2.48. The number of rotatable bonds is 6. The second-order valence-electron chi connectivity index (χ2n) is 10.9. The highest BCUT2D eigenvalue weighted by atomic mass is 32.2. The number of carbonyl (C=O) groups excluding carboxylic acids is 1. The molecule has 0 unspecified atom stereocenters. The Bertz CT molecular complexity index is 1860. The number of fused-ring (bicyclic) bond motifs is 2. The van der Waals surface area contributed by atoms with E-state index >= 15 is 0 Å². The zero-order valence-corrected chi connectivity index (χ0v) is 23.9. The van der Waals surface area contributed by atoms with Gasteiger partial charge < -0.3 is 0 Å². The molecule has 1 fully saturated rings. The standard InChI is InChI=1S/C29H26F4N6O3S/c1-37-17-23(16-35-37)38(2)43(41,42)24-8-3-19-12-26-18(15-36-39(26)22-6-4-21(30)5-7-22)13-28(19,14-24)27(40)25-11-20(9-10-34-25)29(31,32)33/h4-7,9-12,15-17,24H,3,8,13-14H2,1-2H3/t24-,28-/m0/s1. The minimum Gasteiger partial charge on any atom is -0.291 e. The Labute approximate surface area is 244 Å². The van der Waals surface area contributed by atoms with Gasteiger partial charge in [0.15, 0.2) is 5.78 Å². The van der Waals surface area contributed by atoms with Crippen molar-refractivity contribution in [3.05, 3.63) is 95.1 Å². The van der Waals surface area contributed by atoms with Gasteiger partial charge in [0.2, 0.25) is 10.0 Å². The van der Waals surface area contributed by atoms with Gasteiger partial charge in [-0.1, -0.05) is 5.57 Å². The summed E-state index contributed by atoms with van der Waals surface area (Å²) in [6.45, 7) is 0. The molecule has 2 atom stereocenters. The van der Waals surface area contributed by atoms with E-state index in [0.717, 1.165) is 16.6 Å². The summed E-state index contributed by atoms with van der Waals surface area (Å²) in [6.07, 6.45) is 2.73. The molecule has 0 aliphatic heterocycles. The Morgan fingerprint density at radius 1 is 1.12 bits per heavy atom. The number of hydrogen-bond donors (Lipinski definition) is 0. The number of alkyl halides is 3. The molecule has 9 nitrogen and oxygen atoms in total. The van der Waals surface area contributed by atoms with Gasteiger partial charge in [0.25, 0.3) is 0 Å². The van der Waals surface area contributed by atoms with Gasteiger partial charge in [-0.05, 0) is 73.7 Å². The van der Waals surface area contributed by atoms with Gasteiger partial charge in [-0.25, -0.2) is 17.5 Å². The molecule has 0 radical (unpaired) electrons. The zero-order chi connectivity index (χ0) is 30.7. The molecule has 2 aliphatic carbocycles. The number of ketones is 1. The van der Waals surface area contributed by atoms with Gasteiger partial charge >= 0.3 is 6.18 Å². The minimum absolute atomic E-state index is 0.00868. The molecule has 1 aromatic carbocycles. The van der Waals surface area contributed by atoms with E-state index in [1.807, 2.05) is 0 Å². The van der Waals surface area contributed by atoms with Crippen LogP contribution in [0.3, 0.4) is 0 Å². The topological polar surface area (TPSA) is 103 Å². The van der Waals surface area contributed by atoms with E-state index in [9.17, 15) is 30.8 Å². The SMILES string of the molecule is CN(c1cnn(C)c1)S(=O)(=O)[C@H]1CCC2=Cc3c(cnn3-c3ccc(F)cc3)C[C@]2(C(=O)c2cc(C(F)(F)F)ccn2)C1. The fourth-order valence-electron chi connectivity index (χ4n) is 6.02. The van der Waals surface area contributed by atoms with Crippen molar-refractivity contribution in [3.63, 3.8) is 0 Å². The first kappa shape index (κ1) is 28.8. The summed E-state index contributed by atoms with van der Waals surface area (Å²) in [5, 5.41) is 7.47. The van der Waals surface area contributed by atoms with Crippen LogP contribution in [0.15, 0.2) is 66.8 Å².